The average molecular weight is 315 g/mol. The van der Waals surface area contributed by atoms with E-state index in [1.807, 2.05) is 6.26 Å². The first-order valence-electron chi connectivity index (χ1n) is 6.29. The molecule has 0 aliphatic carbocycles. The van der Waals surface area contributed by atoms with Crippen LogP contribution in [0.3, 0.4) is 0 Å². The first kappa shape index (κ1) is 19.3. The summed E-state index contributed by atoms with van der Waals surface area (Å²) in [4.78, 5) is 22.9. The van der Waals surface area contributed by atoms with Crippen molar-refractivity contribution in [2.75, 3.05) is 18.6 Å². The van der Waals surface area contributed by atoms with Gasteiger partial charge < -0.3 is 20.8 Å². The van der Waals surface area contributed by atoms with E-state index in [9.17, 15) is 9.59 Å². The number of rotatable bonds is 9. The van der Waals surface area contributed by atoms with Gasteiger partial charge in [0.05, 0.1) is 12.1 Å². The summed E-state index contributed by atoms with van der Waals surface area (Å²) in [5.41, 5.74) is -0.931. The highest BCUT2D eigenvalue weighted by molar-refractivity contribution is 7.98. The van der Waals surface area contributed by atoms with Crippen molar-refractivity contribution in [1.82, 2.24) is 10.6 Å². The molecule has 1 amide bonds. The van der Waals surface area contributed by atoms with Crippen LogP contribution in [0.25, 0.3) is 0 Å². The van der Waals surface area contributed by atoms with E-state index in [1.54, 1.807) is 19.9 Å². The zero-order valence-electron chi connectivity index (χ0n) is 12.3. The maximum atomic E-state index is 11.9. The lowest BCUT2D eigenvalue weighted by Crippen LogP contribution is -2.43. The molecule has 1 atom stereocenters. The molecule has 21 heavy (non-hydrogen) atoms. The van der Waals surface area contributed by atoms with E-state index >= 15 is 0 Å². The molecular weight excluding hydrogens is 294 g/mol. The first-order valence-corrected chi connectivity index (χ1v) is 7.68. The van der Waals surface area contributed by atoms with Crippen LogP contribution < -0.4 is 10.6 Å². The molecule has 0 heterocycles. The monoisotopic (exact) mass is 315 g/mol. The molecule has 0 aromatic carbocycles. The highest BCUT2D eigenvalue weighted by Crippen LogP contribution is 2.04. The fraction of sp³-hybridized carbons (Fsp3) is 0.615. The van der Waals surface area contributed by atoms with Gasteiger partial charge in [-0.05, 0) is 32.3 Å². The summed E-state index contributed by atoms with van der Waals surface area (Å²) >= 11 is 1.47. The molecule has 0 saturated heterocycles. The quantitative estimate of drug-likeness (QED) is 0.351. The average Bonchev–Trinajstić information content (AvgIpc) is 2.43. The minimum Gasteiger partial charge on any atom is -0.480 e. The molecule has 0 radical (unpaired) electrons. The molecule has 0 bridgehead atoms. The second kappa shape index (κ2) is 9.26. The summed E-state index contributed by atoms with van der Waals surface area (Å²) in [6.07, 6.45) is 3.29. The Morgan fingerprint density at radius 1 is 1.48 bits per heavy atom. The third-order valence-corrected chi connectivity index (χ3v) is 3.23. The number of carbonyl (C=O) groups excluding carboxylic acids is 1. The van der Waals surface area contributed by atoms with Crippen molar-refractivity contribution < 1.29 is 19.8 Å². The molecule has 0 spiro atoms. The van der Waals surface area contributed by atoms with Gasteiger partial charge in [-0.2, -0.15) is 17.0 Å². The Hall–Kier alpha value is -1.72. The second-order valence-electron chi connectivity index (χ2n) is 5.00. The number of nitrogens with one attached hydrogen (secondary N) is 2. The smallest absolute Gasteiger partial charge is 0.326 e. The number of hydrogen-bond acceptors (Lipinski definition) is 6. The highest BCUT2D eigenvalue weighted by atomic mass is 32.2. The molecule has 4 N–H and O–H groups in total. The number of thioether (sulfide) groups is 1. The van der Waals surface area contributed by atoms with Crippen molar-refractivity contribution in [2.45, 2.75) is 31.8 Å². The van der Waals surface area contributed by atoms with Crippen LogP contribution in [-0.2, 0) is 9.59 Å². The van der Waals surface area contributed by atoms with E-state index in [4.69, 9.17) is 15.5 Å². The SMILES string of the molecule is CSCCC(NC(=O)/C(C#N)=C\NC(C)(C)CO)C(=O)O. The van der Waals surface area contributed by atoms with Crippen LogP contribution >= 0.6 is 11.8 Å². The van der Waals surface area contributed by atoms with Crippen molar-refractivity contribution in [2.24, 2.45) is 0 Å². The molecule has 7 nitrogen and oxygen atoms in total. The lowest BCUT2D eigenvalue weighted by molar-refractivity contribution is -0.141. The van der Waals surface area contributed by atoms with Gasteiger partial charge in [0.15, 0.2) is 0 Å². The topological polar surface area (TPSA) is 122 Å². The fourth-order valence-corrected chi connectivity index (χ4v) is 1.66. The molecule has 0 aliphatic rings. The number of amides is 1. The number of aliphatic hydroxyl groups is 1. The molecular formula is C13H21N3O4S. The molecule has 0 rings (SSSR count). The molecule has 8 heteroatoms. The number of nitrogens with zero attached hydrogens (tertiary/aromatic N) is 1. The third kappa shape index (κ3) is 7.58. The van der Waals surface area contributed by atoms with Crippen LogP contribution in [-0.4, -0.2) is 52.3 Å². The van der Waals surface area contributed by atoms with Crippen molar-refractivity contribution in [3.8, 4) is 6.07 Å². The normalized spacial score (nSPS) is 13.2. The molecule has 0 aromatic heterocycles. The Morgan fingerprint density at radius 3 is 2.52 bits per heavy atom. The maximum absolute atomic E-state index is 11.9. The van der Waals surface area contributed by atoms with E-state index in [2.05, 4.69) is 10.6 Å². The third-order valence-electron chi connectivity index (χ3n) is 2.58. The largest absolute Gasteiger partial charge is 0.480 e. The van der Waals surface area contributed by atoms with Gasteiger partial charge >= 0.3 is 5.97 Å². The number of nitriles is 1. The van der Waals surface area contributed by atoms with E-state index in [-0.39, 0.29) is 18.6 Å². The zero-order chi connectivity index (χ0) is 16.5. The van der Waals surface area contributed by atoms with Crippen LogP contribution in [0.5, 0.6) is 0 Å². The fourth-order valence-electron chi connectivity index (χ4n) is 1.19. The second-order valence-corrected chi connectivity index (χ2v) is 5.99. The summed E-state index contributed by atoms with van der Waals surface area (Å²) in [6, 6.07) is 0.671. The predicted octanol–water partition coefficient (Wildman–Crippen LogP) is 0.0769. The van der Waals surface area contributed by atoms with Gasteiger partial charge in [-0.1, -0.05) is 0 Å². The molecule has 0 saturated carbocycles. The minimum absolute atomic E-state index is 0.185. The number of carboxylic acids is 1. The van der Waals surface area contributed by atoms with Gasteiger partial charge in [0, 0.05) is 6.20 Å². The van der Waals surface area contributed by atoms with Gasteiger partial charge in [-0.25, -0.2) is 4.79 Å². The van der Waals surface area contributed by atoms with Crippen molar-refractivity contribution in [3.05, 3.63) is 11.8 Å². The molecule has 1 unspecified atom stereocenters. The number of aliphatic hydroxyl groups excluding tert-OH is 1. The van der Waals surface area contributed by atoms with E-state index < -0.39 is 23.5 Å². The predicted molar refractivity (Wildman–Crippen MR) is 80.6 cm³/mol. The van der Waals surface area contributed by atoms with Crippen molar-refractivity contribution >= 4 is 23.6 Å². The van der Waals surface area contributed by atoms with Gasteiger partial charge in [0.25, 0.3) is 5.91 Å². The van der Waals surface area contributed by atoms with Gasteiger partial charge in [0.1, 0.15) is 17.7 Å². The first-order chi connectivity index (χ1) is 9.77. The Labute approximate surface area is 128 Å². The summed E-state index contributed by atoms with van der Waals surface area (Å²) in [5, 5.41) is 32.1. The summed E-state index contributed by atoms with van der Waals surface area (Å²) < 4.78 is 0. The summed E-state index contributed by atoms with van der Waals surface area (Å²) in [7, 11) is 0. The van der Waals surface area contributed by atoms with Crippen LogP contribution in [0.1, 0.15) is 20.3 Å². The van der Waals surface area contributed by atoms with Crippen molar-refractivity contribution in [3.63, 3.8) is 0 Å². The lowest BCUT2D eigenvalue weighted by Gasteiger charge is -2.22. The Kier molecular flexibility index (Phi) is 8.50. The standard InChI is InChI=1S/C13H21N3O4S/c1-13(2,8-17)15-7-9(6-14)11(18)16-10(12(19)20)4-5-21-3/h7,10,15,17H,4-5,8H2,1-3H3,(H,16,18)(H,19,20)/b9-7-. The van der Waals surface area contributed by atoms with E-state index in [1.165, 1.54) is 18.0 Å². The van der Waals surface area contributed by atoms with Gasteiger partial charge in [-0.3, -0.25) is 4.79 Å². The summed E-state index contributed by atoms with van der Waals surface area (Å²) in [6.45, 7) is 3.19. The van der Waals surface area contributed by atoms with Crippen LogP contribution in [0, 0.1) is 11.3 Å². The molecule has 0 fully saturated rings. The Morgan fingerprint density at radius 2 is 2.10 bits per heavy atom. The zero-order valence-corrected chi connectivity index (χ0v) is 13.2. The number of aliphatic carboxylic acids is 1. The van der Waals surface area contributed by atoms with Gasteiger partial charge in [0.2, 0.25) is 0 Å². The van der Waals surface area contributed by atoms with E-state index in [0.717, 1.165) is 0 Å². The molecule has 0 aliphatic heterocycles. The number of carbonyl (C=O) groups is 2. The molecule has 0 aromatic rings. The Balaban J connectivity index is 4.82. The number of carboxylic acid groups (broad SMARTS) is 1. The van der Waals surface area contributed by atoms with Crippen molar-refractivity contribution in [1.29, 1.82) is 5.26 Å². The highest BCUT2D eigenvalue weighted by Gasteiger charge is 2.22. The summed E-state index contributed by atoms with van der Waals surface area (Å²) in [5.74, 6) is -1.32. The lowest BCUT2D eigenvalue weighted by atomic mass is 10.1. The van der Waals surface area contributed by atoms with E-state index in [0.29, 0.717) is 5.75 Å². The van der Waals surface area contributed by atoms with Crippen LogP contribution in [0.4, 0.5) is 0 Å². The Bertz CT molecular complexity index is 443. The number of hydrogen-bond donors (Lipinski definition) is 4. The van der Waals surface area contributed by atoms with Crippen LogP contribution in [0.15, 0.2) is 11.8 Å². The van der Waals surface area contributed by atoms with Crippen LogP contribution in [0.2, 0.25) is 0 Å². The minimum atomic E-state index is -1.14. The maximum Gasteiger partial charge on any atom is 0.326 e. The van der Waals surface area contributed by atoms with Gasteiger partial charge in [-0.15, -0.1) is 0 Å². The molecule has 118 valence electrons.